The van der Waals surface area contributed by atoms with Crippen LogP contribution in [0.1, 0.15) is 25.7 Å². The molecule has 3 nitrogen and oxygen atoms in total. The van der Waals surface area contributed by atoms with E-state index in [9.17, 15) is 5.21 Å². The lowest BCUT2D eigenvalue weighted by molar-refractivity contribution is -0.293. The second kappa shape index (κ2) is 6.14. The van der Waals surface area contributed by atoms with Crippen LogP contribution in [0.25, 0.3) is 0 Å². The van der Waals surface area contributed by atoms with Crippen molar-refractivity contribution in [2.75, 3.05) is 6.61 Å². The molecule has 0 saturated carbocycles. The van der Waals surface area contributed by atoms with E-state index in [4.69, 9.17) is 4.74 Å². The molecule has 18 heavy (non-hydrogen) atoms. The molecule has 99 valence electrons. The van der Waals surface area contributed by atoms with Crippen LogP contribution in [0, 0.1) is 0 Å². The van der Waals surface area contributed by atoms with Crippen LogP contribution in [0.5, 0.6) is 0 Å². The van der Waals surface area contributed by atoms with Gasteiger partial charge in [-0.05, 0) is 12.8 Å². The lowest BCUT2D eigenvalue weighted by Crippen LogP contribution is -2.51. The second-order valence-corrected chi connectivity index (χ2v) is 4.72. The summed E-state index contributed by atoms with van der Waals surface area (Å²) in [5.41, 5.74) is -1.45. The molecule has 0 amide bonds. The van der Waals surface area contributed by atoms with E-state index in [1.807, 2.05) is 0 Å². The van der Waals surface area contributed by atoms with E-state index < -0.39 is 11.3 Å². The van der Waals surface area contributed by atoms with Crippen molar-refractivity contribution >= 4 is 0 Å². The van der Waals surface area contributed by atoms with Crippen molar-refractivity contribution in [2.24, 2.45) is 0 Å². The molecule has 1 aliphatic rings. The third-order valence-electron chi connectivity index (χ3n) is 3.39. The second-order valence-electron chi connectivity index (χ2n) is 4.72. The summed E-state index contributed by atoms with van der Waals surface area (Å²) in [4.78, 5) is 0. The van der Waals surface area contributed by atoms with E-state index in [1.54, 1.807) is 24.3 Å². The van der Waals surface area contributed by atoms with Crippen LogP contribution in [-0.4, -0.2) is 22.9 Å². The predicted molar refractivity (Wildman–Crippen MR) is 73.2 cm³/mol. The highest BCUT2D eigenvalue weighted by Crippen LogP contribution is 2.43. The largest absolute Gasteiger partial charge is 0.355 e. The van der Waals surface area contributed by atoms with Crippen molar-refractivity contribution in [1.82, 2.24) is 5.06 Å². The molecule has 0 aliphatic carbocycles. The van der Waals surface area contributed by atoms with Crippen LogP contribution >= 0.6 is 0 Å². The van der Waals surface area contributed by atoms with Gasteiger partial charge < -0.3 is 4.74 Å². The van der Waals surface area contributed by atoms with Crippen molar-refractivity contribution in [3.8, 4) is 0 Å². The van der Waals surface area contributed by atoms with Gasteiger partial charge >= 0.3 is 0 Å². The number of hydroxylamine groups is 2. The smallest absolute Gasteiger partial charge is 0.154 e. The Balaban J connectivity index is 3.05. The Morgan fingerprint density at radius 1 is 0.944 bits per heavy atom. The molecule has 1 heterocycles. The third-order valence-corrected chi connectivity index (χ3v) is 3.39. The quantitative estimate of drug-likeness (QED) is 0.617. The predicted octanol–water partition coefficient (Wildman–Crippen LogP) is 3.40. The highest BCUT2D eigenvalue weighted by Gasteiger charge is 2.55. The van der Waals surface area contributed by atoms with Crippen molar-refractivity contribution in [1.29, 1.82) is 0 Å². The van der Waals surface area contributed by atoms with Gasteiger partial charge in [0.25, 0.3) is 0 Å². The standard InChI is InChI=1S/C15H22NO2/c1-5-9-14(10-6-2)13-18-15(11-7-3,12-8-4)16(14)17/h5-8H,1-4,9-13H2. The van der Waals surface area contributed by atoms with E-state index in [1.165, 1.54) is 0 Å². The van der Waals surface area contributed by atoms with Gasteiger partial charge in [0, 0.05) is 12.8 Å². The molecule has 0 aromatic carbocycles. The summed E-state index contributed by atoms with van der Waals surface area (Å²) < 4.78 is 5.83. The van der Waals surface area contributed by atoms with Crippen molar-refractivity contribution in [2.45, 2.75) is 36.9 Å². The van der Waals surface area contributed by atoms with Gasteiger partial charge in [0.2, 0.25) is 0 Å². The molecule has 0 spiro atoms. The summed E-state index contributed by atoms with van der Waals surface area (Å²) in [6, 6.07) is 0. The molecule has 0 unspecified atom stereocenters. The Morgan fingerprint density at radius 2 is 1.39 bits per heavy atom. The molecular formula is C15H22NO2. The lowest BCUT2D eigenvalue weighted by atomic mass is 9.90. The number of nitrogens with zero attached hydrogens (tertiary/aromatic N) is 1. The van der Waals surface area contributed by atoms with E-state index in [0.717, 1.165) is 5.06 Å². The van der Waals surface area contributed by atoms with Gasteiger partial charge in [0.15, 0.2) is 5.72 Å². The van der Waals surface area contributed by atoms with Crippen molar-refractivity contribution in [3.63, 3.8) is 0 Å². The maximum absolute atomic E-state index is 12.7. The van der Waals surface area contributed by atoms with Gasteiger partial charge in [-0.25, -0.2) is 0 Å². The van der Waals surface area contributed by atoms with E-state index in [2.05, 4.69) is 26.3 Å². The summed E-state index contributed by atoms with van der Waals surface area (Å²) in [7, 11) is 0. The number of hydrogen-bond acceptors (Lipinski definition) is 2. The zero-order valence-electron chi connectivity index (χ0n) is 10.9. The van der Waals surface area contributed by atoms with Gasteiger partial charge in [-0.3, -0.25) is 0 Å². The molecule has 1 fully saturated rings. The Morgan fingerprint density at radius 3 is 1.78 bits per heavy atom. The average molecular weight is 248 g/mol. The topological polar surface area (TPSA) is 32.4 Å². The van der Waals surface area contributed by atoms with Crippen LogP contribution in [-0.2, 0) is 9.94 Å². The highest BCUT2D eigenvalue weighted by atomic mass is 16.6. The molecule has 0 N–H and O–H groups in total. The first-order valence-corrected chi connectivity index (χ1v) is 6.16. The zero-order valence-corrected chi connectivity index (χ0v) is 10.9. The molecule has 3 heteroatoms. The Bertz CT molecular complexity index is 283. The lowest BCUT2D eigenvalue weighted by Gasteiger charge is -2.36. The fourth-order valence-corrected chi connectivity index (χ4v) is 2.54. The molecule has 1 aliphatic heterocycles. The summed E-state index contributed by atoms with van der Waals surface area (Å²) >= 11 is 0. The zero-order chi connectivity index (χ0) is 13.6. The van der Waals surface area contributed by atoms with E-state index in [0.29, 0.717) is 32.3 Å². The molecule has 0 aromatic heterocycles. The number of hydrogen-bond donors (Lipinski definition) is 0. The summed E-state index contributed by atoms with van der Waals surface area (Å²) in [5.74, 6) is 0. The van der Waals surface area contributed by atoms with Crippen LogP contribution < -0.4 is 0 Å². The molecule has 1 saturated heterocycles. The maximum Gasteiger partial charge on any atom is 0.154 e. The first-order chi connectivity index (χ1) is 8.60. The fourth-order valence-electron chi connectivity index (χ4n) is 2.54. The Hall–Kier alpha value is -1.16. The van der Waals surface area contributed by atoms with Crippen LogP contribution in [0.4, 0.5) is 0 Å². The molecule has 0 bridgehead atoms. The molecular weight excluding hydrogens is 226 g/mol. The summed E-state index contributed by atoms with van der Waals surface area (Å²) in [5, 5.41) is 13.8. The van der Waals surface area contributed by atoms with Gasteiger partial charge in [-0.1, -0.05) is 24.3 Å². The minimum absolute atomic E-state index is 0.385. The van der Waals surface area contributed by atoms with Gasteiger partial charge in [0.1, 0.15) is 0 Å². The normalized spacial score (nSPS) is 21.4. The maximum atomic E-state index is 12.7. The minimum Gasteiger partial charge on any atom is -0.355 e. The van der Waals surface area contributed by atoms with E-state index in [-0.39, 0.29) is 0 Å². The Kier molecular flexibility index (Phi) is 5.08. The summed E-state index contributed by atoms with van der Waals surface area (Å²) in [6.45, 7) is 15.3. The third kappa shape index (κ3) is 2.48. The Labute approximate surface area is 110 Å². The van der Waals surface area contributed by atoms with Crippen LogP contribution in [0.2, 0.25) is 0 Å². The van der Waals surface area contributed by atoms with Crippen molar-refractivity contribution < 1.29 is 9.94 Å². The van der Waals surface area contributed by atoms with Gasteiger partial charge in [0.05, 0.1) is 12.1 Å². The SMILES string of the molecule is C=CCC1(CC=C)COC(CC=C)(CC=C)N1[O]. The molecule has 0 atom stereocenters. The first kappa shape index (κ1) is 14.9. The fraction of sp³-hybridized carbons (Fsp3) is 0.467. The van der Waals surface area contributed by atoms with Crippen molar-refractivity contribution in [3.05, 3.63) is 50.6 Å². The highest BCUT2D eigenvalue weighted by molar-refractivity contribution is 5.07. The average Bonchev–Trinajstić information content (AvgIpc) is 2.58. The van der Waals surface area contributed by atoms with E-state index >= 15 is 0 Å². The van der Waals surface area contributed by atoms with Crippen LogP contribution in [0.15, 0.2) is 50.6 Å². The van der Waals surface area contributed by atoms with Crippen LogP contribution in [0.3, 0.4) is 0 Å². The molecule has 1 radical (unpaired) electrons. The van der Waals surface area contributed by atoms with Gasteiger partial charge in [-0.15, -0.1) is 36.6 Å². The van der Waals surface area contributed by atoms with Gasteiger partial charge in [-0.2, -0.15) is 0 Å². The summed E-state index contributed by atoms with van der Waals surface area (Å²) in [6.07, 6.45) is 9.08. The molecule has 0 aromatic rings. The number of rotatable bonds is 8. The molecule has 1 rings (SSSR count). The monoisotopic (exact) mass is 248 g/mol. The minimum atomic E-state index is -0.866. The first-order valence-electron chi connectivity index (χ1n) is 6.16. The number of ether oxygens (including phenoxy) is 1.